The zero-order valence-corrected chi connectivity index (χ0v) is 19.5. The van der Waals surface area contributed by atoms with Crippen molar-refractivity contribution in [2.24, 2.45) is 0 Å². The summed E-state index contributed by atoms with van der Waals surface area (Å²) in [5.74, 6) is -0.168. The number of benzene rings is 2. The molecule has 3 rings (SSSR count). The number of aryl methyl sites for hydroxylation is 1. The van der Waals surface area contributed by atoms with Gasteiger partial charge >= 0.3 is 5.69 Å². The van der Waals surface area contributed by atoms with Crippen molar-refractivity contribution in [3.05, 3.63) is 92.3 Å². The fourth-order valence-corrected chi connectivity index (χ4v) is 3.72. The van der Waals surface area contributed by atoms with Crippen molar-refractivity contribution in [3.63, 3.8) is 0 Å². The molecule has 0 radical (unpaired) electrons. The second-order valence-corrected chi connectivity index (χ2v) is 9.20. The van der Waals surface area contributed by atoms with Crippen molar-refractivity contribution in [3.8, 4) is 0 Å². The van der Waals surface area contributed by atoms with Gasteiger partial charge in [0.05, 0.1) is 17.5 Å². The summed E-state index contributed by atoms with van der Waals surface area (Å²) in [5, 5.41) is 18.6. The third-order valence-electron chi connectivity index (χ3n) is 5.67. The Hall–Kier alpha value is -3.48. The molecule has 1 N–H and O–H groups in total. The largest absolute Gasteiger partial charge is 0.346 e. The minimum absolute atomic E-state index is 0.0326. The van der Waals surface area contributed by atoms with Crippen LogP contribution in [0.5, 0.6) is 0 Å². The van der Waals surface area contributed by atoms with E-state index in [4.69, 9.17) is 0 Å². The van der Waals surface area contributed by atoms with Gasteiger partial charge in [0.2, 0.25) is 0 Å². The van der Waals surface area contributed by atoms with Gasteiger partial charge in [0.25, 0.3) is 5.91 Å². The Morgan fingerprint density at radius 1 is 1.16 bits per heavy atom. The molecule has 1 atom stereocenters. The quantitative estimate of drug-likeness (QED) is 0.424. The van der Waals surface area contributed by atoms with Crippen LogP contribution in [0.1, 0.15) is 72.2 Å². The van der Waals surface area contributed by atoms with Crippen molar-refractivity contribution in [1.29, 1.82) is 0 Å². The van der Waals surface area contributed by atoms with Crippen LogP contribution >= 0.6 is 0 Å². The van der Waals surface area contributed by atoms with E-state index < -0.39 is 4.92 Å². The summed E-state index contributed by atoms with van der Waals surface area (Å²) >= 11 is 0. The molecule has 0 unspecified atom stereocenters. The van der Waals surface area contributed by atoms with Crippen LogP contribution in [0.25, 0.3) is 0 Å². The molecule has 1 heterocycles. The maximum Gasteiger partial charge on any atom is 0.312 e. The molecule has 0 fully saturated rings. The summed E-state index contributed by atoms with van der Waals surface area (Å²) in [4.78, 5) is 23.7. The first-order chi connectivity index (χ1) is 15.0. The van der Waals surface area contributed by atoms with Crippen molar-refractivity contribution in [1.82, 2.24) is 15.1 Å². The molecular formula is C25H30N4O3. The maximum absolute atomic E-state index is 12.9. The maximum atomic E-state index is 12.9. The first-order valence-corrected chi connectivity index (χ1v) is 10.7. The number of hydrogen-bond donors (Lipinski definition) is 1. The van der Waals surface area contributed by atoms with E-state index in [9.17, 15) is 14.9 Å². The highest BCUT2D eigenvalue weighted by Crippen LogP contribution is 2.25. The highest BCUT2D eigenvalue weighted by Gasteiger charge is 2.22. The van der Waals surface area contributed by atoms with Gasteiger partial charge in [0, 0.05) is 5.56 Å². The molecular weight excluding hydrogens is 404 g/mol. The number of carbonyl (C=O) groups is 1. The summed E-state index contributed by atoms with van der Waals surface area (Å²) in [6, 6.07) is 15.4. The van der Waals surface area contributed by atoms with Crippen molar-refractivity contribution in [2.45, 2.75) is 59.5 Å². The molecule has 32 heavy (non-hydrogen) atoms. The zero-order chi connectivity index (χ0) is 23.6. The summed E-state index contributed by atoms with van der Waals surface area (Å²) in [5.41, 5.74) is 4.66. The summed E-state index contributed by atoms with van der Waals surface area (Å²) in [6.07, 6.45) is 0. The Bertz CT molecular complexity index is 1140. The van der Waals surface area contributed by atoms with Crippen LogP contribution in [-0.2, 0) is 12.0 Å². The molecule has 7 heteroatoms. The second-order valence-electron chi connectivity index (χ2n) is 9.20. The molecule has 0 aliphatic heterocycles. The molecule has 7 nitrogen and oxygen atoms in total. The number of amides is 1. The number of nitro groups is 1. The van der Waals surface area contributed by atoms with Crippen molar-refractivity contribution < 1.29 is 9.72 Å². The zero-order valence-electron chi connectivity index (χ0n) is 19.5. The van der Waals surface area contributed by atoms with Crippen LogP contribution in [-0.4, -0.2) is 20.6 Å². The molecule has 3 aromatic rings. The van der Waals surface area contributed by atoms with E-state index in [0.29, 0.717) is 23.5 Å². The first-order valence-electron chi connectivity index (χ1n) is 10.7. The van der Waals surface area contributed by atoms with E-state index in [2.05, 4.69) is 55.5 Å². The Morgan fingerprint density at radius 3 is 2.38 bits per heavy atom. The number of rotatable bonds is 6. The van der Waals surface area contributed by atoms with Crippen molar-refractivity contribution in [2.75, 3.05) is 0 Å². The van der Waals surface area contributed by atoms with Gasteiger partial charge in [-0.25, -0.2) is 0 Å². The van der Waals surface area contributed by atoms with Gasteiger partial charge in [-0.15, -0.1) is 0 Å². The van der Waals surface area contributed by atoms with Gasteiger partial charge in [-0.05, 0) is 55.0 Å². The number of nitrogens with one attached hydrogen (secondary N) is 1. The lowest BCUT2D eigenvalue weighted by molar-refractivity contribution is -0.386. The Kier molecular flexibility index (Phi) is 6.48. The molecule has 0 bridgehead atoms. The lowest BCUT2D eigenvalue weighted by Gasteiger charge is -2.21. The van der Waals surface area contributed by atoms with Crippen LogP contribution in [0.3, 0.4) is 0 Å². The standard InChI is InChI=1S/C25H30N4O3/c1-16(20-10-12-22(13-11-20)25(4,5)6)26-24(30)21-9-7-8-19(14-21)15-28-18(3)23(29(31)32)17(2)27-28/h7-14,16H,15H2,1-6H3,(H,26,30)/t16-/m1/s1. The van der Waals surface area contributed by atoms with Gasteiger partial charge in [-0.3, -0.25) is 19.6 Å². The summed E-state index contributed by atoms with van der Waals surface area (Å²) < 4.78 is 1.60. The van der Waals surface area contributed by atoms with E-state index in [-0.39, 0.29) is 23.1 Å². The fraction of sp³-hybridized carbons (Fsp3) is 0.360. The van der Waals surface area contributed by atoms with Crippen LogP contribution in [0.15, 0.2) is 48.5 Å². The van der Waals surface area contributed by atoms with E-state index in [1.54, 1.807) is 30.7 Å². The molecule has 0 aliphatic carbocycles. The van der Waals surface area contributed by atoms with E-state index in [1.807, 2.05) is 19.1 Å². The first kappa shape index (κ1) is 23.2. The Labute approximate surface area is 188 Å². The molecule has 2 aromatic carbocycles. The van der Waals surface area contributed by atoms with Crippen LogP contribution in [0, 0.1) is 24.0 Å². The van der Waals surface area contributed by atoms with Crippen LogP contribution < -0.4 is 5.32 Å². The molecule has 0 saturated carbocycles. The SMILES string of the molecule is Cc1nn(Cc2cccc(C(=O)N[C@H](C)c3ccc(C(C)(C)C)cc3)c2)c(C)c1[N+](=O)[O-]. The molecule has 1 amide bonds. The summed E-state index contributed by atoms with van der Waals surface area (Å²) in [7, 11) is 0. The number of aromatic nitrogens is 2. The third kappa shape index (κ3) is 5.04. The average molecular weight is 435 g/mol. The molecule has 168 valence electrons. The highest BCUT2D eigenvalue weighted by atomic mass is 16.6. The van der Waals surface area contributed by atoms with Crippen LogP contribution in [0.4, 0.5) is 5.69 Å². The Balaban J connectivity index is 1.73. The van der Waals surface area contributed by atoms with Gasteiger partial charge in [-0.1, -0.05) is 57.2 Å². The Morgan fingerprint density at radius 2 is 1.81 bits per heavy atom. The monoisotopic (exact) mass is 434 g/mol. The van der Waals surface area contributed by atoms with Gasteiger partial charge < -0.3 is 5.32 Å². The fourth-order valence-electron chi connectivity index (χ4n) is 3.72. The van der Waals surface area contributed by atoms with Crippen molar-refractivity contribution >= 4 is 11.6 Å². The molecule has 0 spiro atoms. The smallest absolute Gasteiger partial charge is 0.312 e. The van der Waals surface area contributed by atoms with Crippen LogP contribution in [0.2, 0.25) is 0 Å². The average Bonchev–Trinajstić information content (AvgIpc) is 3.00. The predicted molar refractivity (Wildman–Crippen MR) is 125 cm³/mol. The minimum atomic E-state index is -0.409. The highest BCUT2D eigenvalue weighted by molar-refractivity contribution is 5.94. The third-order valence-corrected chi connectivity index (χ3v) is 5.67. The van der Waals surface area contributed by atoms with Gasteiger partial charge in [-0.2, -0.15) is 5.10 Å². The number of hydrogen-bond acceptors (Lipinski definition) is 4. The topological polar surface area (TPSA) is 90.1 Å². The van der Waals surface area contributed by atoms with Gasteiger partial charge in [0.1, 0.15) is 11.4 Å². The lowest BCUT2D eigenvalue weighted by atomic mass is 9.86. The van der Waals surface area contributed by atoms with E-state index in [1.165, 1.54) is 5.56 Å². The second kappa shape index (κ2) is 8.94. The molecule has 0 aliphatic rings. The number of carbonyl (C=O) groups excluding carboxylic acids is 1. The normalized spacial score (nSPS) is 12.4. The van der Waals surface area contributed by atoms with E-state index in [0.717, 1.165) is 11.1 Å². The van der Waals surface area contributed by atoms with Gasteiger partial charge in [0.15, 0.2) is 0 Å². The minimum Gasteiger partial charge on any atom is -0.346 e. The molecule has 0 saturated heterocycles. The predicted octanol–water partition coefficient (Wildman–Crippen LogP) is 5.24. The van der Waals surface area contributed by atoms with E-state index >= 15 is 0 Å². The molecule has 1 aromatic heterocycles. The number of nitrogens with zero attached hydrogens (tertiary/aromatic N) is 3. The lowest BCUT2D eigenvalue weighted by Crippen LogP contribution is -2.26. The summed E-state index contributed by atoms with van der Waals surface area (Å²) in [6.45, 7) is 12.1.